The third kappa shape index (κ3) is 4.17. The highest BCUT2D eigenvalue weighted by Gasteiger charge is 2.21. The molecule has 16 heavy (non-hydrogen) atoms. The van der Waals surface area contributed by atoms with Crippen LogP contribution in [-0.4, -0.2) is 15.5 Å². The molecule has 0 bridgehead atoms. The van der Waals surface area contributed by atoms with E-state index in [1.807, 2.05) is 6.07 Å². The first-order valence-electron chi connectivity index (χ1n) is 6.25. The van der Waals surface area contributed by atoms with Gasteiger partial charge in [0.25, 0.3) is 0 Å². The Balaban J connectivity index is 2.52. The number of aromatic nitrogens is 2. The number of nitrogens with one attached hydrogen (secondary N) is 1. The Labute approximate surface area is 98.7 Å². The third-order valence-electron chi connectivity index (χ3n) is 3.09. The minimum atomic E-state index is 0.122. The van der Waals surface area contributed by atoms with Crippen LogP contribution in [0.3, 0.4) is 0 Å². The van der Waals surface area contributed by atoms with Crippen LogP contribution in [0.4, 0.5) is 5.95 Å². The molecule has 1 atom stereocenters. The van der Waals surface area contributed by atoms with Crippen molar-refractivity contribution in [2.75, 3.05) is 5.32 Å². The van der Waals surface area contributed by atoms with Gasteiger partial charge in [0.2, 0.25) is 5.95 Å². The largest absolute Gasteiger partial charge is 0.349 e. The Morgan fingerprint density at radius 3 is 2.44 bits per heavy atom. The Hall–Kier alpha value is -1.12. The molecule has 0 aliphatic rings. The van der Waals surface area contributed by atoms with Gasteiger partial charge in [0.15, 0.2) is 0 Å². The molecule has 1 aromatic rings. The van der Waals surface area contributed by atoms with Crippen LogP contribution in [-0.2, 0) is 0 Å². The molecule has 3 heteroatoms. The number of anilines is 1. The Morgan fingerprint density at radius 1 is 1.19 bits per heavy atom. The molecule has 1 heterocycles. The number of nitrogens with zero attached hydrogens (tertiary/aromatic N) is 2. The first kappa shape index (κ1) is 12.9. The summed E-state index contributed by atoms with van der Waals surface area (Å²) in [5.41, 5.74) is 0.122. The van der Waals surface area contributed by atoms with Crippen LogP contribution in [0.25, 0.3) is 0 Å². The van der Waals surface area contributed by atoms with Gasteiger partial charge in [-0.3, -0.25) is 0 Å². The maximum absolute atomic E-state index is 4.22. The fourth-order valence-corrected chi connectivity index (χ4v) is 1.73. The summed E-state index contributed by atoms with van der Waals surface area (Å²) in [6.45, 7) is 6.69. The van der Waals surface area contributed by atoms with E-state index in [1.165, 1.54) is 25.7 Å². The topological polar surface area (TPSA) is 37.8 Å². The fourth-order valence-electron chi connectivity index (χ4n) is 1.73. The summed E-state index contributed by atoms with van der Waals surface area (Å²) in [5, 5.41) is 3.44. The van der Waals surface area contributed by atoms with Gasteiger partial charge in [0, 0.05) is 17.9 Å². The highest BCUT2D eigenvalue weighted by atomic mass is 15.1. The van der Waals surface area contributed by atoms with Gasteiger partial charge in [-0.1, -0.05) is 33.1 Å². The summed E-state index contributed by atoms with van der Waals surface area (Å²) in [6.07, 6.45) is 9.65. The van der Waals surface area contributed by atoms with Crippen molar-refractivity contribution in [3.8, 4) is 0 Å². The van der Waals surface area contributed by atoms with Crippen LogP contribution in [0, 0.1) is 0 Å². The van der Waals surface area contributed by atoms with E-state index in [1.54, 1.807) is 12.4 Å². The van der Waals surface area contributed by atoms with E-state index in [2.05, 4.69) is 36.1 Å². The van der Waals surface area contributed by atoms with Gasteiger partial charge in [0.05, 0.1) is 0 Å². The highest BCUT2D eigenvalue weighted by molar-refractivity contribution is 5.27. The molecule has 0 saturated heterocycles. The summed E-state index contributed by atoms with van der Waals surface area (Å²) in [7, 11) is 0. The van der Waals surface area contributed by atoms with Gasteiger partial charge in [-0.2, -0.15) is 0 Å². The average molecular weight is 221 g/mol. The lowest BCUT2D eigenvalue weighted by atomic mass is 9.92. The maximum atomic E-state index is 4.22. The number of unbranched alkanes of at least 4 members (excludes halogenated alkanes) is 2. The third-order valence-corrected chi connectivity index (χ3v) is 3.09. The minimum absolute atomic E-state index is 0.122. The zero-order chi connectivity index (χ0) is 11.9. The van der Waals surface area contributed by atoms with Crippen molar-refractivity contribution in [1.82, 2.24) is 9.97 Å². The van der Waals surface area contributed by atoms with Crippen molar-refractivity contribution >= 4 is 5.95 Å². The predicted octanol–water partition coefficient (Wildman–Crippen LogP) is 3.64. The summed E-state index contributed by atoms with van der Waals surface area (Å²) in [4.78, 5) is 8.44. The minimum Gasteiger partial charge on any atom is -0.349 e. The maximum Gasteiger partial charge on any atom is 0.222 e. The second-order valence-electron chi connectivity index (χ2n) is 4.57. The van der Waals surface area contributed by atoms with Crippen LogP contribution in [0.1, 0.15) is 52.9 Å². The van der Waals surface area contributed by atoms with Gasteiger partial charge in [-0.15, -0.1) is 0 Å². The van der Waals surface area contributed by atoms with Gasteiger partial charge >= 0.3 is 0 Å². The van der Waals surface area contributed by atoms with Crippen molar-refractivity contribution in [2.45, 2.75) is 58.4 Å². The fraction of sp³-hybridized carbons (Fsp3) is 0.692. The Kier molecular flexibility index (Phi) is 5.23. The molecule has 0 aliphatic carbocycles. The van der Waals surface area contributed by atoms with Crippen LogP contribution < -0.4 is 5.32 Å². The second-order valence-corrected chi connectivity index (χ2v) is 4.57. The summed E-state index contributed by atoms with van der Waals surface area (Å²) in [5.74, 6) is 0.739. The molecule has 0 amide bonds. The van der Waals surface area contributed by atoms with Crippen molar-refractivity contribution in [1.29, 1.82) is 0 Å². The SMILES string of the molecule is CCCCCC(C)(CC)Nc1ncccn1. The van der Waals surface area contributed by atoms with Crippen LogP contribution in [0.2, 0.25) is 0 Å². The van der Waals surface area contributed by atoms with Crippen LogP contribution >= 0.6 is 0 Å². The van der Waals surface area contributed by atoms with Crippen LogP contribution in [0.5, 0.6) is 0 Å². The highest BCUT2D eigenvalue weighted by Crippen LogP contribution is 2.22. The lowest BCUT2D eigenvalue weighted by Gasteiger charge is -2.29. The lowest BCUT2D eigenvalue weighted by Crippen LogP contribution is -2.34. The van der Waals surface area contributed by atoms with E-state index in [-0.39, 0.29) is 5.54 Å². The van der Waals surface area contributed by atoms with Gasteiger partial charge in [-0.05, 0) is 25.8 Å². The molecule has 1 N–H and O–H groups in total. The monoisotopic (exact) mass is 221 g/mol. The van der Waals surface area contributed by atoms with E-state index in [9.17, 15) is 0 Å². The van der Waals surface area contributed by atoms with E-state index >= 15 is 0 Å². The summed E-state index contributed by atoms with van der Waals surface area (Å²) < 4.78 is 0. The molecule has 3 nitrogen and oxygen atoms in total. The second kappa shape index (κ2) is 6.46. The number of hydrogen-bond donors (Lipinski definition) is 1. The molecular formula is C13H23N3. The summed E-state index contributed by atoms with van der Waals surface area (Å²) in [6, 6.07) is 1.84. The van der Waals surface area contributed by atoms with E-state index in [0.717, 1.165) is 12.4 Å². The van der Waals surface area contributed by atoms with E-state index in [4.69, 9.17) is 0 Å². The standard InChI is InChI=1S/C13H23N3/c1-4-6-7-9-13(3,5-2)16-12-14-10-8-11-15-12/h8,10-11H,4-7,9H2,1-3H3,(H,14,15,16). The molecule has 1 unspecified atom stereocenters. The normalized spacial score (nSPS) is 14.4. The molecular weight excluding hydrogens is 198 g/mol. The predicted molar refractivity (Wildman–Crippen MR) is 68.5 cm³/mol. The molecule has 0 spiro atoms. The van der Waals surface area contributed by atoms with Crippen molar-refractivity contribution < 1.29 is 0 Å². The van der Waals surface area contributed by atoms with Gasteiger partial charge < -0.3 is 5.32 Å². The first-order valence-corrected chi connectivity index (χ1v) is 6.25. The zero-order valence-corrected chi connectivity index (χ0v) is 10.7. The lowest BCUT2D eigenvalue weighted by molar-refractivity contribution is 0.430. The Bertz CT molecular complexity index is 286. The van der Waals surface area contributed by atoms with Gasteiger partial charge in [-0.25, -0.2) is 9.97 Å². The Morgan fingerprint density at radius 2 is 1.88 bits per heavy atom. The first-order chi connectivity index (χ1) is 7.70. The van der Waals surface area contributed by atoms with Crippen molar-refractivity contribution in [3.05, 3.63) is 18.5 Å². The van der Waals surface area contributed by atoms with Crippen molar-refractivity contribution in [3.63, 3.8) is 0 Å². The molecule has 90 valence electrons. The zero-order valence-electron chi connectivity index (χ0n) is 10.7. The van der Waals surface area contributed by atoms with E-state index < -0.39 is 0 Å². The molecule has 0 radical (unpaired) electrons. The smallest absolute Gasteiger partial charge is 0.222 e. The molecule has 0 aliphatic heterocycles. The summed E-state index contributed by atoms with van der Waals surface area (Å²) >= 11 is 0. The molecule has 1 rings (SSSR count). The average Bonchev–Trinajstić information content (AvgIpc) is 2.31. The van der Waals surface area contributed by atoms with E-state index in [0.29, 0.717) is 0 Å². The van der Waals surface area contributed by atoms with Gasteiger partial charge in [0.1, 0.15) is 0 Å². The molecule has 0 fully saturated rings. The quantitative estimate of drug-likeness (QED) is 0.714. The molecule has 1 aromatic heterocycles. The van der Waals surface area contributed by atoms with Crippen LogP contribution in [0.15, 0.2) is 18.5 Å². The van der Waals surface area contributed by atoms with Crippen molar-refractivity contribution in [2.24, 2.45) is 0 Å². The number of hydrogen-bond acceptors (Lipinski definition) is 3. The molecule has 0 saturated carbocycles. The number of rotatable bonds is 7. The molecule has 0 aromatic carbocycles.